The van der Waals surface area contributed by atoms with E-state index < -0.39 is 52.6 Å². The van der Waals surface area contributed by atoms with Gasteiger partial charge in [-0.3, -0.25) is 38.7 Å². The molecule has 2 aromatic carbocycles. The molecule has 60 heavy (non-hydrogen) atoms. The van der Waals surface area contributed by atoms with Crippen LogP contribution in [0, 0.1) is 22.2 Å². The molecule has 3 N–H and O–H groups in total. The fourth-order valence-electron chi connectivity index (χ4n) is 9.85. The number of halogens is 1. The number of nitrogens with zero attached hydrogens (tertiary/aromatic N) is 6. The topological polar surface area (TPSA) is 200 Å². The number of piperazine rings is 1. The maximum absolute atomic E-state index is 14.3. The van der Waals surface area contributed by atoms with Gasteiger partial charge in [0.2, 0.25) is 11.8 Å². The normalized spacial score (nSPS) is 23.6. The molecule has 5 amide bonds. The van der Waals surface area contributed by atoms with E-state index in [4.69, 9.17) is 26.8 Å². The number of nitrogens with two attached hydrogens (primary N) is 1. The van der Waals surface area contributed by atoms with Crippen molar-refractivity contribution >= 4 is 47.0 Å². The molecule has 0 spiro atoms. The molecule has 3 aromatic rings. The molecule has 7 rings (SSSR count). The Bertz CT molecular complexity index is 2230. The maximum Gasteiger partial charge on any atom is 0.262 e. The SMILES string of the molecule is CC1(C)C(Oc2ccc(C#N)c(Cl)c2)C(C)(C)C1N1C(=O)CC[C@H](N2C(=O)c3ccc(OCCCCCN4CCN(c5ccc(C(N)=O)cn5)C[C@H]4CO)cc3C2=O)C1=O. The van der Waals surface area contributed by atoms with Crippen molar-refractivity contribution in [1.82, 2.24) is 19.7 Å². The maximum atomic E-state index is 14.3. The number of nitriles is 1. The number of rotatable bonds is 14. The Labute approximate surface area is 353 Å². The number of hydrogen-bond donors (Lipinski definition) is 2. The van der Waals surface area contributed by atoms with Crippen molar-refractivity contribution in [3.63, 3.8) is 0 Å². The molecule has 0 unspecified atom stereocenters. The van der Waals surface area contributed by atoms with Crippen LogP contribution in [0.1, 0.15) is 96.4 Å². The summed E-state index contributed by atoms with van der Waals surface area (Å²) in [6, 6.07) is 13.2. The smallest absolute Gasteiger partial charge is 0.262 e. The number of primary amides is 1. The van der Waals surface area contributed by atoms with Crippen LogP contribution in [0.15, 0.2) is 54.7 Å². The molecule has 2 saturated heterocycles. The third-order valence-electron chi connectivity index (χ3n) is 12.5. The van der Waals surface area contributed by atoms with Crippen molar-refractivity contribution in [3.8, 4) is 17.6 Å². The van der Waals surface area contributed by atoms with Crippen LogP contribution in [0.2, 0.25) is 5.02 Å². The Morgan fingerprint density at radius 1 is 0.950 bits per heavy atom. The second kappa shape index (κ2) is 16.8. The number of imide groups is 2. The fourth-order valence-corrected chi connectivity index (χ4v) is 10.1. The molecule has 15 nitrogen and oxygen atoms in total. The number of amides is 5. The van der Waals surface area contributed by atoms with Gasteiger partial charge in [0.15, 0.2) is 0 Å². The van der Waals surface area contributed by atoms with Crippen LogP contribution in [0.25, 0.3) is 0 Å². The van der Waals surface area contributed by atoms with Gasteiger partial charge in [-0.2, -0.15) is 5.26 Å². The molecule has 1 aromatic heterocycles. The number of likely N-dealkylation sites (tertiary alicyclic amines) is 1. The number of aliphatic hydroxyl groups is 1. The van der Waals surface area contributed by atoms with Gasteiger partial charge in [-0.25, -0.2) is 4.98 Å². The molecule has 2 atom stereocenters. The first-order valence-corrected chi connectivity index (χ1v) is 20.7. The molecule has 3 fully saturated rings. The number of carbonyl (C=O) groups excluding carboxylic acids is 5. The van der Waals surface area contributed by atoms with Crippen LogP contribution in [0.3, 0.4) is 0 Å². The molecular formula is C44H50ClN7O8. The minimum Gasteiger partial charge on any atom is -0.494 e. The summed E-state index contributed by atoms with van der Waals surface area (Å²) in [6.07, 6.45) is 3.54. The van der Waals surface area contributed by atoms with Gasteiger partial charge in [0, 0.05) is 49.1 Å². The lowest BCUT2D eigenvalue weighted by atomic mass is 9.48. The quantitative estimate of drug-likeness (QED) is 0.171. The van der Waals surface area contributed by atoms with Crippen LogP contribution in [-0.2, 0) is 9.59 Å². The third-order valence-corrected chi connectivity index (χ3v) is 12.8. The Kier molecular flexibility index (Phi) is 11.9. The lowest BCUT2D eigenvalue weighted by molar-refractivity contribution is -0.216. The van der Waals surface area contributed by atoms with Crippen LogP contribution in [0.5, 0.6) is 11.5 Å². The second-order valence-electron chi connectivity index (χ2n) is 17.1. The summed E-state index contributed by atoms with van der Waals surface area (Å²) < 4.78 is 12.4. The second-order valence-corrected chi connectivity index (χ2v) is 17.5. The first-order chi connectivity index (χ1) is 28.6. The van der Waals surface area contributed by atoms with Crippen LogP contribution in [0.4, 0.5) is 5.82 Å². The highest BCUT2D eigenvalue weighted by Crippen LogP contribution is 2.58. The highest BCUT2D eigenvalue weighted by molar-refractivity contribution is 6.31. The molecule has 0 bridgehead atoms. The zero-order chi connectivity index (χ0) is 43.1. The third kappa shape index (κ3) is 7.79. The summed E-state index contributed by atoms with van der Waals surface area (Å²) in [6.45, 7) is 10.9. The molecule has 3 aliphatic heterocycles. The summed E-state index contributed by atoms with van der Waals surface area (Å²) in [5.41, 5.74) is 4.89. The van der Waals surface area contributed by atoms with Gasteiger partial charge in [0.25, 0.3) is 17.7 Å². The number of unbranched alkanes of at least 4 members (excludes halogenated alkanes) is 2. The van der Waals surface area contributed by atoms with Crippen molar-refractivity contribution in [3.05, 3.63) is 82.0 Å². The number of carbonyl (C=O) groups is 5. The van der Waals surface area contributed by atoms with Gasteiger partial charge in [0.05, 0.1) is 52.6 Å². The number of aliphatic hydroxyl groups excluding tert-OH is 1. The van der Waals surface area contributed by atoms with E-state index in [0.717, 1.165) is 49.6 Å². The Balaban J connectivity index is 0.917. The minimum atomic E-state index is -1.15. The number of ether oxygens (including phenoxy) is 2. The summed E-state index contributed by atoms with van der Waals surface area (Å²) >= 11 is 6.26. The zero-order valence-electron chi connectivity index (χ0n) is 34.2. The van der Waals surface area contributed by atoms with Crippen LogP contribution in [-0.4, -0.2) is 118 Å². The number of fused-ring (bicyclic) bond motifs is 1. The van der Waals surface area contributed by atoms with Crippen molar-refractivity contribution < 1.29 is 38.6 Å². The average Bonchev–Trinajstić information content (AvgIpc) is 3.47. The van der Waals surface area contributed by atoms with Crippen LogP contribution >= 0.6 is 11.6 Å². The zero-order valence-corrected chi connectivity index (χ0v) is 35.0. The average molecular weight is 840 g/mol. The first kappa shape index (κ1) is 42.6. The number of pyridine rings is 1. The Morgan fingerprint density at radius 2 is 1.68 bits per heavy atom. The summed E-state index contributed by atoms with van der Waals surface area (Å²) in [5, 5.41) is 19.6. The largest absolute Gasteiger partial charge is 0.494 e. The first-order valence-electron chi connectivity index (χ1n) is 20.3. The van der Waals surface area contributed by atoms with Crippen LogP contribution < -0.4 is 20.1 Å². The highest BCUT2D eigenvalue weighted by Gasteiger charge is 2.68. The number of aromatic nitrogens is 1. The molecule has 4 aliphatic rings. The van der Waals surface area contributed by atoms with E-state index >= 15 is 0 Å². The standard InChI is InChI=1S/C44H50ClN7O8/c1-43(2)41(44(3,4)42(43)60-30-10-8-26(22-46)33(45)21-30)52-36(54)15-13-34(40(52)58)51-38(56)31-12-11-29(20-32(31)39(51)57)59-19-7-5-6-16-49-17-18-50(24-28(49)25-53)35-14-9-27(23-48-35)37(47)55/h8-12,14,20-21,23,28,34,41-42,53H,5-7,13,15-19,24-25H2,1-4H3,(H2,47,55)/t28-,34-,41?,42?/m0/s1. The van der Waals surface area contributed by atoms with E-state index in [1.807, 2.05) is 33.8 Å². The molecule has 0 radical (unpaired) electrons. The van der Waals surface area contributed by atoms with Gasteiger partial charge in [0.1, 0.15) is 35.5 Å². The van der Waals surface area contributed by atoms with Gasteiger partial charge in [-0.05, 0) is 74.7 Å². The molecule has 316 valence electrons. The summed E-state index contributed by atoms with van der Waals surface area (Å²) in [7, 11) is 0. The predicted octanol–water partition coefficient (Wildman–Crippen LogP) is 4.43. The van der Waals surface area contributed by atoms with Crippen molar-refractivity contribution in [2.45, 2.75) is 84.0 Å². The van der Waals surface area contributed by atoms with E-state index in [1.54, 1.807) is 48.5 Å². The van der Waals surface area contributed by atoms with Crippen molar-refractivity contribution in [2.75, 3.05) is 44.3 Å². The number of hydrogen-bond acceptors (Lipinski definition) is 12. The molecule has 1 aliphatic carbocycles. The number of piperidine rings is 1. The number of anilines is 1. The lowest BCUT2D eigenvalue weighted by Gasteiger charge is -2.65. The molecular weight excluding hydrogens is 790 g/mol. The molecule has 4 heterocycles. The van der Waals surface area contributed by atoms with E-state index in [9.17, 15) is 34.3 Å². The molecule has 1 saturated carbocycles. The number of benzene rings is 2. The van der Waals surface area contributed by atoms with Gasteiger partial charge < -0.3 is 25.2 Å². The van der Waals surface area contributed by atoms with Crippen molar-refractivity contribution in [2.24, 2.45) is 16.6 Å². The Morgan fingerprint density at radius 3 is 2.35 bits per heavy atom. The summed E-state index contributed by atoms with van der Waals surface area (Å²) in [4.78, 5) is 77.8. The van der Waals surface area contributed by atoms with E-state index in [2.05, 4.69) is 14.8 Å². The monoisotopic (exact) mass is 839 g/mol. The van der Waals surface area contributed by atoms with E-state index in [0.29, 0.717) is 35.8 Å². The minimum absolute atomic E-state index is 0.00631. The van der Waals surface area contributed by atoms with E-state index in [1.165, 1.54) is 11.1 Å². The highest BCUT2D eigenvalue weighted by atomic mass is 35.5. The fraction of sp³-hybridized carbons (Fsp3) is 0.477. The summed E-state index contributed by atoms with van der Waals surface area (Å²) in [5.74, 6) is -1.05. The van der Waals surface area contributed by atoms with Crippen molar-refractivity contribution in [1.29, 1.82) is 5.26 Å². The lowest BCUT2D eigenvalue weighted by Crippen LogP contribution is -2.77. The van der Waals surface area contributed by atoms with E-state index in [-0.39, 0.29) is 47.5 Å². The van der Waals surface area contributed by atoms with Gasteiger partial charge in [-0.15, -0.1) is 0 Å². The van der Waals surface area contributed by atoms with Gasteiger partial charge >= 0.3 is 0 Å². The Hall–Kier alpha value is -5.56. The molecule has 16 heteroatoms. The van der Waals surface area contributed by atoms with Gasteiger partial charge in [-0.1, -0.05) is 39.3 Å². The predicted molar refractivity (Wildman–Crippen MR) is 221 cm³/mol.